The Kier molecular flexibility index (Phi) is 4.42. The summed E-state index contributed by atoms with van der Waals surface area (Å²) in [5, 5.41) is 3.39. The number of hydrogen-bond donors (Lipinski definition) is 1. The van der Waals surface area contributed by atoms with Gasteiger partial charge in [-0.15, -0.1) is 11.6 Å². The molecule has 1 saturated carbocycles. The van der Waals surface area contributed by atoms with Crippen LogP contribution in [0.5, 0.6) is 5.88 Å². The molecule has 17 heavy (non-hydrogen) atoms. The Morgan fingerprint density at radius 1 is 1.53 bits per heavy atom. The van der Waals surface area contributed by atoms with Crippen molar-refractivity contribution in [2.75, 3.05) is 18.5 Å². The van der Waals surface area contributed by atoms with E-state index in [0.717, 1.165) is 18.8 Å². The van der Waals surface area contributed by atoms with E-state index in [2.05, 4.69) is 22.2 Å². The normalized spacial score (nSPS) is 16.6. The molecule has 0 spiro atoms. The lowest BCUT2D eigenvalue weighted by atomic mass is 10.3. The summed E-state index contributed by atoms with van der Waals surface area (Å²) in [6.07, 6.45) is 6.78. The van der Waals surface area contributed by atoms with Crippen LogP contribution in [0.25, 0.3) is 0 Å². The first kappa shape index (κ1) is 12.4. The van der Waals surface area contributed by atoms with Crippen molar-refractivity contribution in [3.63, 3.8) is 0 Å². The van der Waals surface area contributed by atoms with Crippen LogP contribution in [0, 0.1) is 5.92 Å². The number of ether oxygens (including phenoxy) is 1. The first-order chi connectivity index (χ1) is 8.29. The zero-order chi connectivity index (χ0) is 12.1. The quantitative estimate of drug-likeness (QED) is 0.761. The van der Waals surface area contributed by atoms with Crippen LogP contribution in [0.4, 0.5) is 5.82 Å². The molecule has 1 aliphatic rings. The van der Waals surface area contributed by atoms with Gasteiger partial charge in [0, 0.05) is 6.54 Å². The van der Waals surface area contributed by atoms with Crippen LogP contribution in [0.3, 0.4) is 0 Å². The van der Waals surface area contributed by atoms with E-state index in [1.165, 1.54) is 12.8 Å². The highest BCUT2D eigenvalue weighted by Gasteiger charge is 2.29. The van der Waals surface area contributed by atoms with Crippen LogP contribution in [0.15, 0.2) is 12.4 Å². The Bertz CT molecular complexity index is 357. The summed E-state index contributed by atoms with van der Waals surface area (Å²) in [6, 6.07) is 0. The van der Waals surface area contributed by atoms with Crippen molar-refractivity contribution in [3.8, 4) is 5.88 Å². The van der Waals surface area contributed by atoms with Gasteiger partial charge in [0.1, 0.15) is 5.82 Å². The lowest BCUT2D eigenvalue weighted by Crippen LogP contribution is -2.17. The van der Waals surface area contributed by atoms with E-state index in [0.29, 0.717) is 18.4 Å². The van der Waals surface area contributed by atoms with Gasteiger partial charge < -0.3 is 10.1 Å². The molecule has 0 amide bonds. The molecule has 0 aromatic carbocycles. The Hall–Kier alpha value is -1.03. The molecule has 0 radical (unpaired) electrons. The van der Waals surface area contributed by atoms with E-state index < -0.39 is 0 Å². The van der Waals surface area contributed by atoms with E-state index in [9.17, 15) is 0 Å². The van der Waals surface area contributed by atoms with Gasteiger partial charge in [-0.05, 0) is 25.2 Å². The van der Waals surface area contributed by atoms with Crippen molar-refractivity contribution < 1.29 is 4.74 Å². The Balaban J connectivity index is 1.82. The third kappa shape index (κ3) is 4.04. The molecule has 4 nitrogen and oxygen atoms in total. The third-order valence-corrected chi connectivity index (χ3v) is 3.19. The highest BCUT2D eigenvalue weighted by atomic mass is 35.5. The molecule has 5 heteroatoms. The third-order valence-electron chi connectivity index (χ3n) is 2.68. The van der Waals surface area contributed by atoms with Gasteiger partial charge in [-0.1, -0.05) is 6.92 Å². The molecule has 1 aromatic heterocycles. The molecule has 1 unspecified atom stereocenters. The van der Waals surface area contributed by atoms with Crippen LogP contribution in [0.2, 0.25) is 0 Å². The van der Waals surface area contributed by atoms with E-state index in [-0.39, 0.29) is 5.38 Å². The van der Waals surface area contributed by atoms with Crippen molar-refractivity contribution in [2.24, 2.45) is 5.92 Å². The summed E-state index contributed by atoms with van der Waals surface area (Å²) < 4.78 is 5.42. The van der Waals surface area contributed by atoms with Crippen LogP contribution in [0.1, 0.15) is 26.2 Å². The number of alkyl halides is 1. The second-order valence-corrected chi connectivity index (χ2v) is 4.89. The van der Waals surface area contributed by atoms with Crippen molar-refractivity contribution in [1.29, 1.82) is 0 Å². The summed E-state index contributed by atoms with van der Waals surface area (Å²) in [5.74, 6) is 1.97. The molecule has 0 bridgehead atoms. The van der Waals surface area contributed by atoms with Gasteiger partial charge in [-0.25, -0.2) is 0 Å². The second kappa shape index (κ2) is 6.05. The number of nitrogens with one attached hydrogen (secondary N) is 1. The number of hydrogen-bond acceptors (Lipinski definition) is 4. The number of rotatable bonds is 7. The topological polar surface area (TPSA) is 47.0 Å². The maximum Gasteiger partial charge on any atom is 0.234 e. The van der Waals surface area contributed by atoms with Crippen molar-refractivity contribution in [3.05, 3.63) is 12.4 Å². The molecule has 94 valence electrons. The molecule has 1 N–H and O–H groups in total. The molecule has 0 aliphatic heterocycles. The Morgan fingerprint density at radius 2 is 2.35 bits per heavy atom. The van der Waals surface area contributed by atoms with Gasteiger partial charge in [-0.2, -0.15) is 4.98 Å². The predicted molar refractivity (Wildman–Crippen MR) is 68.7 cm³/mol. The standard InChI is InChI=1S/C12H18ClN3O/c1-2-5-17-12-8-14-7-11(16-12)15-6-10(13)9-3-4-9/h7-10H,2-6H2,1H3,(H,15,16). The lowest BCUT2D eigenvalue weighted by Gasteiger charge is -2.10. The first-order valence-electron chi connectivity index (χ1n) is 6.12. The zero-order valence-electron chi connectivity index (χ0n) is 10.0. The molecular weight excluding hydrogens is 238 g/mol. The summed E-state index contributed by atoms with van der Waals surface area (Å²) in [4.78, 5) is 8.39. The molecule has 1 heterocycles. The molecule has 1 aliphatic carbocycles. The summed E-state index contributed by atoms with van der Waals surface area (Å²) in [5.41, 5.74) is 0. The minimum atomic E-state index is 0.192. The largest absolute Gasteiger partial charge is 0.477 e. The molecule has 1 aromatic rings. The Labute approximate surface area is 107 Å². The van der Waals surface area contributed by atoms with Gasteiger partial charge in [0.15, 0.2) is 0 Å². The molecule has 0 saturated heterocycles. The van der Waals surface area contributed by atoms with Crippen LogP contribution in [-0.4, -0.2) is 28.5 Å². The molecule has 1 fully saturated rings. The number of anilines is 1. The second-order valence-electron chi connectivity index (χ2n) is 4.33. The zero-order valence-corrected chi connectivity index (χ0v) is 10.8. The summed E-state index contributed by atoms with van der Waals surface area (Å²) >= 11 is 6.21. The molecular formula is C12H18ClN3O. The van der Waals surface area contributed by atoms with E-state index >= 15 is 0 Å². The number of aromatic nitrogens is 2. The van der Waals surface area contributed by atoms with Gasteiger partial charge in [0.2, 0.25) is 5.88 Å². The minimum absolute atomic E-state index is 0.192. The molecule has 2 rings (SSSR count). The van der Waals surface area contributed by atoms with Crippen molar-refractivity contribution >= 4 is 17.4 Å². The first-order valence-corrected chi connectivity index (χ1v) is 6.56. The predicted octanol–water partition coefficient (Wildman–Crippen LogP) is 2.69. The highest BCUT2D eigenvalue weighted by molar-refractivity contribution is 6.21. The lowest BCUT2D eigenvalue weighted by molar-refractivity contribution is 0.304. The van der Waals surface area contributed by atoms with Crippen LogP contribution in [-0.2, 0) is 0 Å². The summed E-state index contributed by atoms with van der Waals surface area (Å²) in [6.45, 7) is 3.46. The van der Waals surface area contributed by atoms with Crippen molar-refractivity contribution in [1.82, 2.24) is 9.97 Å². The maximum atomic E-state index is 6.21. The Morgan fingerprint density at radius 3 is 3.06 bits per heavy atom. The van der Waals surface area contributed by atoms with Gasteiger partial charge in [0.25, 0.3) is 0 Å². The average molecular weight is 256 g/mol. The highest BCUT2D eigenvalue weighted by Crippen LogP contribution is 2.35. The fraction of sp³-hybridized carbons (Fsp3) is 0.667. The molecule has 1 atom stereocenters. The van der Waals surface area contributed by atoms with Crippen LogP contribution < -0.4 is 10.1 Å². The fourth-order valence-corrected chi connectivity index (χ4v) is 1.87. The van der Waals surface area contributed by atoms with Crippen molar-refractivity contribution in [2.45, 2.75) is 31.6 Å². The summed E-state index contributed by atoms with van der Waals surface area (Å²) in [7, 11) is 0. The smallest absolute Gasteiger partial charge is 0.234 e. The van der Waals surface area contributed by atoms with Gasteiger partial charge in [0.05, 0.1) is 24.4 Å². The average Bonchev–Trinajstić information content (AvgIpc) is 3.18. The van der Waals surface area contributed by atoms with Crippen LogP contribution >= 0.6 is 11.6 Å². The van der Waals surface area contributed by atoms with E-state index in [4.69, 9.17) is 16.3 Å². The monoisotopic (exact) mass is 255 g/mol. The van der Waals surface area contributed by atoms with E-state index in [1.54, 1.807) is 12.4 Å². The number of nitrogens with zero attached hydrogens (tertiary/aromatic N) is 2. The minimum Gasteiger partial charge on any atom is -0.477 e. The SMILES string of the molecule is CCCOc1cncc(NCC(Cl)C2CC2)n1. The van der Waals surface area contributed by atoms with Gasteiger partial charge in [-0.3, -0.25) is 4.98 Å². The fourth-order valence-electron chi connectivity index (χ4n) is 1.54. The van der Waals surface area contributed by atoms with E-state index in [1.807, 2.05) is 0 Å². The maximum absolute atomic E-state index is 6.21. The number of halogens is 1. The van der Waals surface area contributed by atoms with Gasteiger partial charge >= 0.3 is 0 Å².